The normalized spacial score (nSPS) is 11.5. The number of hydrogen-bond donors (Lipinski definition) is 2. The number of amides is 1. The molecule has 18 heavy (non-hydrogen) atoms. The average Bonchev–Trinajstić information content (AvgIpc) is 2.29. The molecule has 0 saturated heterocycles. The molecule has 0 saturated carbocycles. The van der Waals surface area contributed by atoms with E-state index in [0.717, 1.165) is 4.31 Å². The van der Waals surface area contributed by atoms with Gasteiger partial charge in [0.1, 0.15) is 5.82 Å². The second kappa shape index (κ2) is 5.74. The fourth-order valence-electron chi connectivity index (χ4n) is 1.03. The Bertz CT molecular complexity index is 512. The molecule has 0 fully saturated rings. The van der Waals surface area contributed by atoms with Crippen molar-refractivity contribution in [3.63, 3.8) is 0 Å². The van der Waals surface area contributed by atoms with Crippen LogP contribution in [0.5, 0.6) is 0 Å². The Kier molecular flexibility index (Phi) is 4.56. The van der Waals surface area contributed by atoms with Gasteiger partial charge in [-0.3, -0.25) is 4.79 Å². The van der Waals surface area contributed by atoms with Crippen LogP contribution in [0.1, 0.15) is 10.5 Å². The van der Waals surface area contributed by atoms with Crippen molar-refractivity contribution in [2.24, 2.45) is 0 Å². The Hall–Kier alpha value is -1.74. The van der Waals surface area contributed by atoms with Gasteiger partial charge in [0.25, 0.3) is 5.91 Å². The maximum absolute atomic E-state index is 11.5. The van der Waals surface area contributed by atoms with Crippen molar-refractivity contribution in [1.29, 1.82) is 0 Å². The minimum Gasteiger partial charge on any atom is -0.382 e. The van der Waals surface area contributed by atoms with Crippen LogP contribution >= 0.6 is 0 Å². The number of nitrogens with zero attached hydrogens (tertiary/aromatic N) is 3. The summed E-state index contributed by atoms with van der Waals surface area (Å²) in [5.74, 6) is -0.452. The summed E-state index contributed by atoms with van der Waals surface area (Å²) in [7, 11) is -0.454. The molecule has 0 aromatic carbocycles. The van der Waals surface area contributed by atoms with E-state index in [2.05, 4.69) is 15.5 Å². The molecule has 1 aromatic rings. The van der Waals surface area contributed by atoms with Crippen molar-refractivity contribution in [3.05, 3.63) is 17.8 Å². The second-order valence-electron chi connectivity index (χ2n) is 3.70. The molecule has 0 radical (unpaired) electrons. The minimum atomic E-state index is -3.32. The topological polar surface area (TPSA) is 118 Å². The number of aromatic nitrogens is 2. The molecule has 0 aliphatic heterocycles. The maximum Gasteiger partial charge on any atom is 0.271 e. The number of carbonyl (C=O) groups excluding carboxylic acids is 1. The van der Waals surface area contributed by atoms with E-state index >= 15 is 0 Å². The number of rotatable bonds is 5. The predicted molar refractivity (Wildman–Crippen MR) is 66.3 cm³/mol. The van der Waals surface area contributed by atoms with E-state index < -0.39 is 15.9 Å². The van der Waals surface area contributed by atoms with Gasteiger partial charge in [-0.15, -0.1) is 10.2 Å². The van der Waals surface area contributed by atoms with E-state index in [0.29, 0.717) is 0 Å². The summed E-state index contributed by atoms with van der Waals surface area (Å²) < 4.78 is 23.9. The Morgan fingerprint density at radius 1 is 1.39 bits per heavy atom. The van der Waals surface area contributed by atoms with Crippen LogP contribution < -0.4 is 11.1 Å². The van der Waals surface area contributed by atoms with Crippen molar-refractivity contribution in [1.82, 2.24) is 19.8 Å². The van der Waals surface area contributed by atoms with Crippen LogP contribution in [0.4, 0.5) is 5.82 Å². The van der Waals surface area contributed by atoms with Crippen LogP contribution in [0.25, 0.3) is 0 Å². The molecule has 1 rings (SSSR count). The first kappa shape index (κ1) is 14.3. The van der Waals surface area contributed by atoms with Gasteiger partial charge in [-0.05, 0) is 12.1 Å². The number of sulfonamides is 1. The molecule has 100 valence electrons. The maximum atomic E-state index is 11.5. The van der Waals surface area contributed by atoms with Crippen LogP contribution in [-0.2, 0) is 10.0 Å². The molecule has 0 unspecified atom stereocenters. The summed E-state index contributed by atoms with van der Waals surface area (Å²) in [6.07, 6.45) is 0. The predicted octanol–water partition coefficient (Wildman–Crippen LogP) is -1.32. The summed E-state index contributed by atoms with van der Waals surface area (Å²) in [6.45, 7) is 0.00536. The van der Waals surface area contributed by atoms with E-state index in [1.54, 1.807) is 0 Å². The lowest BCUT2D eigenvalue weighted by Gasteiger charge is -2.11. The van der Waals surface area contributed by atoms with Crippen LogP contribution in [0.2, 0.25) is 0 Å². The molecular weight excluding hydrogens is 258 g/mol. The smallest absolute Gasteiger partial charge is 0.271 e. The third kappa shape index (κ3) is 3.93. The zero-order valence-electron chi connectivity index (χ0n) is 10.1. The summed E-state index contributed by atoms with van der Waals surface area (Å²) in [6, 6.07) is 2.86. The zero-order valence-corrected chi connectivity index (χ0v) is 10.9. The molecule has 0 bridgehead atoms. The van der Waals surface area contributed by atoms with Gasteiger partial charge in [0.05, 0.1) is 5.75 Å². The lowest BCUT2D eigenvalue weighted by molar-refractivity contribution is 0.0950. The van der Waals surface area contributed by atoms with Crippen molar-refractivity contribution in [3.8, 4) is 0 Å². The fraction of sp³-hybridized carbons (Fsp3) is 0.444. The van der Waals surface area contributed by atoms with Crippen LogP contribution in [0.3, 0.4) is 0 Å². The first-order valence-corrected chi connectivity index (χ1v) is 6.71. The molecule has 1 amide bonds. The van der Waals surface area contributed by atoms with Crippen LogP contribution in [-0.4, -0.2) is 55.2 Å². The summed E-state index contributed by atoms with van der Waals surface area (Å²) in [5, 5.41) is 9.55. The van der Waals surface area contributed by atoms with Gasteiger partial charge in [-0.1, -0.05) is 0 Å². The van der Waals surface area contributed by atoms with E-state index in [4.69, 9.17) is 5.73 Å². The third-order valence-corrected chi connectivity index (χ3v) is 3.95. The summed E-state index contributed by atoms with van der Waals surface area (Å²) >= 11 is 0. The number of nitrogen functional groups attached to an aromatic ring is 1. The Labute approximate surface area is 105 Å². The van der Waals surface area contributed by atoms with E-state index in [-0.39, 0.29) is 23.8 Å². The molecule has 0 atom stereocenters. The number of nitrogens with one attached hydrogen (secondary N) is 1. The van der Waals surface area contributed by atoms with Crippen molar-refractivity contribution in [2.75, 3.05) is 32.1 Å². The highest BCUT2D eigenvalue weighted by Gasteiger charge is 2.14. The lowest BCUT2D eigenvalue weighted by atomic mass is 10.3. The number of anilines is 1. The standard InChI is InChI=1S/C9H15N5O3S/c1-14(2)18(16,17)6-5-11-9(15)7-3-4-8(10)13-12-7/h3-4H,5-6H2,1-2H3,(H2,10,13)(H,11,15). The zero-order chi connectivity index (χ0) is 13.8. The molecular formula is C9H15N5O3S. The van der Waals surface area contributed by atoms with Crippen molar-refractivity contribution < 1.29 is 13.2 Å². The molecule has 9 heteroatoms. The van der Waals surface area contributed by atoms with E-state index in [1.165, 1.54) is 26.2 Å². The largest absolute Gasteiger partial charge is 0.382 e. The Morgan fingerprint density at radius 2 is 2.06 bits per heavy atom. The Balaban J connectivity index is 2.50. The van der Waals surface area contributed by atoms with E-state index in [9.17, 15) is 13.2 Å². The molecule has 0 spiro atoms. The highest BCUT2D eigenvalue weighted by Crippen LogP contribution is 1.97. The lowest BCUT2D eigenvalue weighted by Crippen LogP contribution is -2.34. The molecule has 0 aliphatic rings. The molecule has 8 nitrogen and oxygen atoms in total. The second-order valence-corrected chi connectivity index (χ2v) is 6.00. The van der Waals surface area contributed by atoms with Gasteiger partial charge in [0.2, 0.25) is 10.0 Å². The van der Waals surface area contributed by atoms with Gasteiger partial charge in [-0.2, -0.15) is 0 Å². The average molecular weight is 273 g/mol. The monoisotopic (exact) mass is 273 g/mol. The summed E-state index contributed by atoms with van der Waals surface area (Å²) in [5.41, 5.74) is 5.42. The molecule has 1 aromatic heterocycles. The first-order valence-electron chi connectivity index (χ1n) is 5.10. The van der Waals surface area contributed by atoms with Gasteiger partial charge in [0.15, 0.2) is 5.69 Å². The number of carbonyl (C=O) groups is 1. The van der Waals surface area contributed by atoms with Crippen LogP contribution in [0.15, 0.2) is 12.1 Å². The minimum absolute atomic E-state index is 0.00536. The molecule has 1 heterocycles. The summed E-state index contributed by atoms with van der Waals surface area (Å²) in [4.78, 5) is 11.5. The number of nitrogens with two attached hydrogens (primary N) is 1. The van der Waals surface area contributed by atoms with Crippen LogP contribution in [0, 0.1) is 0 Å². The first-order chi connectivity index (χ1) is 8.33. The SMILES string of the molecule is CN(C)S(=O)(=O)CCNC(=O)c1ccc(N)nn1. The van der Waals surface area contributed by atoms with E-state index in [1.807, 2.05) is 0 Å². The Morgan fingerprint density at radius 3 is 2.56 bits per heavy atom. The van der Waals surface area contributed by atoms with Gasteiger partial charge >= 0.3 is 0 Å². The van der Waals surface area contributed by atoms with Crippen molar-refractivity contribution >= 4 is 21.7 Å². The highest BCUT2D eigenvalue weighted by atomic mass is 32.2. The third-order valence-electron chi connectivity index (χ3n) is 2.12. The fourth-order valence-corrected chi connectivity index (χ4v) is 1.76. The van der Waals surface area contributed by atoms with Gasteiger partial charge in [-0.25, -0.2) is 12.7 Å². The van der Waals surface area contributed by atoms with Gasteiger partial charge < -0.3 is 11.1 Å². The van der Waals surface area contributed by atoms with Crippen molar-refractivity contribution in [2.45, 2.75) is 0 Å². The quantitative estimate of drug-likeness (QED) is 0.687. The molecule has 3 N–H and O–H groups in total. The molecule has 0 aliphatic carbocycles. The van der Waals surface area contributed by atoms with Gasteiger partial charge in [0, 0.05) is 20.6 Å². The number of hydrogen-bond acceptors (Lipinski definition) is 6. The highest BCUT2D eigenvalue weighted by molar-refractivity contribution is 7.89.